The van der Waals surface area contributed by atoms with Gasteiger partial charge in [-0.2, -0.15) is 0 Å². The molecule has 26 heavy (non-hydrogen) atoms. The maximum atomic E-state index is 9.32. The first-order valence-electron chi connectivity index (χ1n) is 12.0. The lowest BCUT2D eigenvalue weighted by Crippen LogP contribution is -2.46. The van der Waals surface area contributed by atoms with Gasteiger partial charge in [0.2, 0.25) is 0 Å². The predicted molar refractivity (Wildman–Crippen MR) is 109 cm³/mol. The average molecular weight is 360 g/mol. The fourth-order valence-corrected chi connectivity index (χ4v) is 8.02. The molecule has 148 valence electrons. The van der Waals surface area contributed by atoms with Crippen LogP contribution in [0, 0.1) is 47.3 Å². The zero-order valence-electron chi connectivity index (χ0n) is 17.0. The lowest BCUT2D eigenvalue weighted by Gasteiger charge is -2.55. The fourth-order valence-electron chi connectivity index (χ4n) is 8.02. The lowest BCUT2D eigenvalue weighted by molar-refractivity contribution is -0.0494. The van der Waals surface area contributed by atoms with E-state index >= 15 is 0 Å². The SMILES string of the molecule is CC1CCC(C2CC3CCCCC3C3CCCCC23)CC1CCB(O)O. The summed E-state index contributed by atoms with van der Waals surface area (Å²) in [6.07, 6.45) is 19.4. The van der Waals surface area contributed by atoms with Crippen LogP contribution in [0.25, 0.3) is 0 Å². The summed E-state index contributed by atoms with van der Waals surface area (Å²) < 4.78 is 0. The second kappa shape index (κ2) is 8.56. The first-order valence-corrected chi connectivity index (χ1v) is 12.0. The molecule has 0 bridgehead atoms. The maximum Gasteiger partial charge on any atom is 0.451 e. The molecule has 8 unspecified atom stereocenters. The van der Waals surface area contributed by atoms with Crippen molar-refractivity contribution in [1.29, 1.82) is 0 Å². The van der Waals surface area contributed by atoms with Gasteiger partial charge < -0.3 is 10.0 Å². The van der Waals surface area contributed by atoms with Crippen molar-refractivity contribution in [3.63, 3.8) is 0 Å². The van der Waals surface area contributed by atoms with Crippen molar-refractivity contribution in [2.45, 2.75) is 96.7 Å². The highest BCUT2D eigenvalue weighted by atomic mass is 16.4. The van der Waals surface area contributed by atoms with Gasteiger partial charge in [0, 0.05) is 0 Å². The summed E-state index contributed by atoms with van der Waals surface area (Å²) in [6, 6.07) is 0. The van der Waals surface area contributed by atoms with Crippen molar-refractivity contribution in [2.75, 3.05) is 0 Å². The van der Waals surface area contributed by atoms with E-state index in [0.29, 0.717) is 6.32 Å². The predicted octanol–water partition coefficient (Wildman–Crippen LogP) is 5.53. The number of hydrogen-bond acceptors (Lipinski definition) is 2. The number of rotatable bonds is 4. The van der Waals surface area contributed by atoms with E-state index in [4.69, 9.17) is 0 Å². The molecule has 4 fully saturated rings. The van der Waals surface area contributed by atoms with E-state index < -0.39 is 7.12 Å². The summed E-state index contributed by atoms with van der Waals surface area (Å²) in [5, 5.41) is 18.6. The minimum atomic E-state index is -1.11. The molecule has 4 saturated carbocycles. The van der Waals surface area contributed by atoms with Gasteiger partial charge in [-0.1, -0.05) is 51.9 Å². The van der Waals surface area contributed by atoms with Gasteiger partial charge in [-0.3, -0.25) is 0 Å². The standard InChI is InChI=1S/C23H41BO2/c1-16-10-11-19(14-17(16)12-13-24(25)26)23-15-18-6-2-3-7-20(18)21-8-4-5-9-22(21)23/h16-23,25-26H,2-15H2,1H3. The highest BCUT2D eigenvalue weighted by Crippen LogP contribution is 2.57. The van der Waals surface area contributed by atoms with Crippen molar-refractivity contribution in [3.8, 4) is 0 Å². The van der Waals surface area contributed by atoms with E-state index in [1.807, 2.05) is 0 Å². The van der Waals surface area contributed by atoms with Crippen LogP contribution in [0.4, 0.5) is 0 Å². The molecule has 2 nitrogen and oxygen atoms in total. The van der Waals surface area contributed by atoms with E-state index in [-0.39, 0.29) is 0 Å². The number of hydrogen-bond donors (Lipinski definition) is 2. The quantitative estimate of drug-likeness (QED) is 0.647. The summed E-state index contributed by atoms with van der Waals surface area (Å²) in [7, 11) is -1.11. The molecule has 4 rings (SSSR count). The second-order valence-corrected chi connectivity index (χ2v) is 10.6. The Bertz CT molecular complexity index is 453. The molecule has 0 amide bonds. The molecular formula is C23H41BO2. The molecule has 0 aromatic heterocycles. The van der Waals surface area contributed by atoms with Crippen molar-refractivity contribution in [2.24, 2.45) is 47.3 Å². The zero-order valence-corrected chi connectivity index (χ0v) is 17.0. The van der Waals surface area contributed by atoms with E-state index in [0.717, 1.165) is 53.8 Å². The van der Waals surface area contributed by atoms with Gasteiger partial charge in [0.25, 0.3) is 0 Å². The van der Waals surface area contributed by atoms with Crippen LogP contribution in [0.15, 0.2) is 0 Å². The van der Waals surface area contributed by atoms with Gasteiger partial charge >= 0.3 is 7.12 Å². The Labute approximate surface area is 161 Å². The average Bonchev–Trinajstić information content (AvgIpc) is 2.67. The second-order valence-electron chi connectivity index (χ2n) is 10.6. The van der Waals surface area contributed by atoms with E-state index in [9.17, 15) is 10.0 Å². The third-order valence-electron chi connectivity index (χ3n) is 9.32. The van der Waals surface area contributed by atoms with E-state index in [2.05, 4.69) is 6.92 Å². The van der Waals surface area contributed by atoms with Gasteiger partial charge in [-0.25, -0.2) is 0 Å². The summed E-state index contributed by atoms with van der Waals surface area (Å²) in [5.74, 6) is 7.64. The van der Waals surface area contributed by atoms with Crippen molar-refractivity contribution in [3.05, 3.63) is 0 Å². The van der Waals surface area contributed by atoms with Crippen molar-refractivity contribution >= 4 is 7.12 Å². The molecule has 3 heteroatoms. The van der Waals surface area contributed by atoms with Crippen LogP contribution in [-0.2, 0) is 0 Å². The fraction of sp³-hybridized carbons (Fsp3) is 1.00. The van der Waals surface area contributed by atoms with Crippen LogP contribution >= 0.6 is 0 Å². The third-order valence-corrected chi connectivity index (χ3v) is 9.32. The summed E-state index contributed by atoms with van der Waals surface area (Å²) >= 11 is 0. The largest absolute Gasteiger partial charge is 0.451 e. The highest BCUT2D eigenvalue weighted by molar-refractivity contribution is 6.40. The smallest absolute Gasteiger partial charge is 0.427 e. The first-order chi connectivity index (χ1) is 12.6. The van der Waals surface area contributed by atoms with Crippen LogP contribution in [-0.4, -0.2) is 17.2 Å². The Hall–Kier alpha value is -0.0151. The minimum Gasteiger partial charge on any atom is -0.427 e. The molecule has 4 aliphatic carbocycles. The van der Waals surface area contributed by atoms with Crippen molar-refractivity contribution in [1.82, 2.24) is 0 Å². The Morgan fingerprint density at radius 3 is 2.04 bits per heavy atom. The molecule has 0 radical (unpaired) electrons. The topological polar surface area (TPSA) is 40.5 Å². The molecule has 0 saturated heterocycles. The Kier molecular flexibility index (Phi) is 6.35. The van der Waals surface area contributed by atoms with Gasteiger partial charge in [0.1, 0.15) is 0 Å². The Morgan fingerprint density at radius 2 is 1.31 bits per heavy atom. The van der Waals surface area contributed by atoms with Crippen LogP contribution in [0.2, 0.25) is 6.32 Å². The first kappa shape index (κ1) is 19.3. The minimum absolute atomic E-state index is 0.573. The summed E-state index contributed by atoms with van der Waals surface area (Å²) in [4.78, 5) is 0. The molecule has 0 aliphatic heterocycles. The van der Waals surface area contributed by atoms with Crippen LogP contribution in [0.5, 0.6) is 0 Å². The molecule has 8 atom stereocenters. The van der Waals surface area contributed by atoms with Crippen LogP contribution in [0.1, 0.15) is 90.4 Å². The molecule has 0 aromatic rings. The Balaban J connectivity index is 1.46. The van der Waals surface area contributed by atoms with Crippen molar-refractivity contribution < 1.29 is 10.0 Å². The summed E-state index contributed by atoms with van der Waals surface area (Å²) in [6.45, 7) is 2.41. The normalized spacial score (nSPS) is 46.3. The lowest BCUT2D eigenvalue weighted by atomic mass is 9.51. The van der Waals surface area contributed by atoms with E-state index in [1.165, 1.54) is 70.6 Å². The third kappa shape index (κ3) is 4.04. The number of fused-ring (bicyclic) bond motifs is 3. The monoisotopic (exact) mass is 360 g/mol. The molecule has 0 heterocycles. The van der Waals surface area contributed by atoms with Gasteiger partial charge in [-0.15, -0.1) is 0 Å². The van der Waals surface area contributed by atoms with Gasteiger partial charge in [0.05, 0.1) is 0 Å². The van der Waals surface area contributed by atoms with Crippen LogP contribution < -0.4 is 0 Å². The molecule has 0 spiro atoms. The highest BCUT2D eigenvalue weighted by Gasteiger charge is 2.48. The maximum absolute atomic E-state index is 9.32. The molecule has 2 N–H and O–H groups in total. The molecule has 4 aliphatic rings. The van der Waals surface area contributed by atoms with Gasteiger partial charge in [-0.05, 0) is 92.2 Å². The zero-order chi connectivity index (χ0) is 18.1. The molecule has 0 aromatic carbocycles. The van der Waals surface area contributed by atoms with E-state index in [1.54, 1.807) is 6.42 Å². The Morgan fingerprint density at radius 1 is 0.692 bits per heavy atom. The van der Waals surface area contributed by atoms with Gasteiger partial charge in [0.15, 0.2) is 0 Å². The summed E-state index contributed by atoms with van der Waals surface area (Å²) in [5.41, 5.74) is 0. The van der Waals surface area contributed by atoms with Crippen LogP contribution in [0.3, 0.4) is 0 Å². The molecular weight excluding hydrogens is 319 g/mol.